The first-order valence-electron chi connectivity index (χ1n) is 13.9. The molecule has 10 heteroatoms. The number of benzene rings is 2. The highest BCUT2D eigenvalue weighted by Crippen LogP contribution is 2.42. The van der Waals surface area contributed by atoms with E-state index in [1.165, 1.54) is 23.1 Å². The van der Waals surface area contributed by atoms with Gasteiger partial charge in [0.05, 0.1) is 30.3 Å². The van der Waals surface area contributed by atoms with Crippen molar-refractivity contribution in [2.45, 2.75) is 51.2 Å². The van der Waals surface area contributed by atoms with Crippen molar-refractivity contribution in [2.24, 2.45) is 0 Å². The van der Waals surface area contributed by atoms with Crippen LogP contribution in [0.4, 0.5) is 14.9 Å². The number of ether oxygens (including phenoxy) is 3. The van der Waals surface area contributed by atoms with Gasteiger partial charge in [-0.3, -0.25) is 9.80 Å². The van der Waals surface area contributed by atoms with Gasteiger partial charge < -0.3 is 19.3 Å². The molecule has 8 nitrogen and oxygen atoms in total. The summed E-state index contributed by atoms with van der Waals surface area (Å²) in [6, 6.07) is 8.58. The summed E-state index contributed by atoms with van der Waals surface area (Å²) in [5.74, 6) is 0.119. The summed E-state index contributed by atoms with van der Waals surface area (Å²) >= 11 is 6.14. The zero-order chi connectivity index (χ0) is 29.1. The Morgan fingerprint density at radius 3 is 2.39 bits per heavy atom. The standard InChI is InChI=1S/C31H34ClFN2O6/c1-3-39-26-15-20(16-27(40-4-2)28(26)21-5-7-22(33)8-6-21)18-34-13-11-31(12-14-34)19-35(30(38)41-31)23-9-10-24(29(36)37)25(32)17-23/h5,7-10,15-17,21H,3-4,6,11-14,18-19H2,1-2H3,(H,36,37). The molecule has 2 heterocycles. The lowest BCUT2D eigenvalue weighted by molar-refractivity contribution is -0.00102. The van der Waals surface area contributed by atoms with Crippen molar-refractivity contribution < 1.29 is 33.3 Å². The van der Waals surface area contributed by atoms with Crippen LogP contribution in [0.25, 0.3) is 0 Å². The Morgan fingerprint density at radius 2 is 1.83 bits per heavy atom. The molecule has 2 fully saturated rings. The summed E-state index contributed by atoms with van der Waals surface area (Å²) in [5, 5.41) is 9.32. The van der Waals surface area contributed by atoms with Gasteiger partial charge in [0.15, 0.2) is 0 Å². The third-order valence-corrected chi connectivity index (χ3v) is 8.14. The van der Waals surface area contributed by atoms with Crippen LogP contribution in [0.1, 0.15) is 60.5 Å². The van der Waals surface area contributed by atoms with Crippen LogP contribution in [0.15, 0.2) is 54.4 Å². The number of halogens is 2. The lowest BCUT2D eigenvalue weighted by Crippen LogP contribution is -2.46. The van der Waals surface area contributed by atoms with E-state index in [0.717, 1.165) is 35.7 Å². The molecule has 0 radical (unpaired) electrons. The largest absolute Gasteiger partial charge is 0.493 e. The highest BCUT2D eigenvalue weighted by molar-refractivity contribution is 6.33. The predicted octanol–water partition coefficient (Wildman–Crippen LogP) is 6.72. The quantitative estimate of drug-likeness (QED) is 0.350. The lowest BCUT2D eigenvalue weighted by atomic mass is 9.89. The number of rotatable bonds is 9. The first kappa shape index (κ1) is 29.0. The Kier molecular flexibility index (Phi) is 8.56. The first-order valence-corrected chi connectivity index (χ1v) is 14.3. The molecule has 0 aromatic heterocycles. The van der Waals surface area contributed by atoms with Crippen molar-refractivity contribution in [3.63, 3.8) is 0 Å². The number of aromatic carboxylic acids is 1. The predicted molar refractivity (Wildman–Crippen MR) is 154 cm³/mol. The summed E-state index contributed by atoms with van der Waals surface area (Å²) in [6.07, 6.45) is 6.35. The van der Waals surface area contributed by atoms with Gasteiger partial charge in [0, 0.05) is 49.6 Å². The molecule has 3 aliphatic rings. The van der Waals surface area contributed by atoms with E-state index in [4.69, 9.17) is 25.8 Å². The summed E-state index contributed by atoms with van der Waals surface area (Å²) in [6.45, 7) is 7.40. The molecule has 1 N–H and O–H groups in total. The Labute approximate surface area is 243 Å². The highest BCUT2D eigenvalue weighted by atomic mass is 35.5. The maximum atomic E-state index is 13.6. The van der Waals surface area contributed by atoms with Crippen LogP contribution in [-0.2, 0) is 11.3 Å². The molecule has 1 spiro atoms. The van der Waals surface area contributed by atoms with Crippen molar-refractivity contribution in [1.29, 1.82) is 0 Å². The number of carbonyl (C=O) groups excluding carboxylic acids is 1. The van der Waals surface area contributed by atoms with E-state index in [2.05, 4.69) is 17.0 Å². The van der Waals surface area contributed by atoms with Gasteiger partial charge in [-0.05, 0) is 68.3 Å². The Bertz CT molecular complexity index is 1360. The van der Waals surface area contributed by atoms with Gasteiger partial charge in [-0.1, -0.05) is 17.7 Å². The van der Waals surface area contributed by atoms with Crippen molar-refractivity contribution in [3.05, 3.63) is 76.1 Å². The zero-order valence-corrected chi connectivity index (χ0v) is 24.0. The average molecular weight is 585 g/mol. The molecule has 1 atom stereocenters. The molecule has 2 aromatic carbocycles. The van der Waals surface area contributed by atoms with E-state index in [1.54, 1.807) is 12.1 Å². The van der Waals surface area contributed by atoms with Crippen LogP contribution in [0.2, 0.25) is 5.02 Å². The minimum atomic E-state index is -1.12. The molecular formula is C31H34ClFN2O6. The van der Waals surface area contributed by atoms with Gasteiger partial charge in [0.25, 0.3) is 0 Å². The fourth-order valence-electron chi connectivity index (χ4n) is 5.77. The average Bonchev–Trinajstić information content (AvgIpc) is 3.26. The fourth-order valence-corrected chi connectivity index (χ4v) is 6.03. The molecule has 5 rings (SSSR count). The van der Waals surface area contributed by atoms with Gasteiger partial charge in [-0.2, -0.15) is 0 Å². The van der Waals surface area contributed by atoms with Crippen molar-refractivity contribution in [1.82, 2.24) is 4.90 Å². The van der Waals surface area contributed by atoms with Crippen LogP contribution in [0, 0.1) is 0 Å². The van der Waals surface area contributed by atoms with Crippen molar-refractivity contribution >= 4 is 29.4 Å². The molecule has 0 bridgehead atoms. The smallest absolute Gasteiger partial charge is 0.415 e. The number of nitrogens with zero attached hydrogens (tertiary/aromatic N) is 2. The van der Waals surface area contributed by atoms with Gasteiger partial charge in [-0.15, -0.1) is 0 Å². The number of likely N-dealkylation sites (tertiary alicyclic amines) is 1. The van der Waals surface area contributed by atoms with Crippen molar-refractivity contribution in [3.8, 4) is 11.5 Å². The minimum Gasteiger partial charge on any atom is -0.493 e. The minimum absolute atomic E-state index is 0.0139. The molecule has 2 saturated heterocycles. The van der Waals surface area contributed by atoms with Crippen LogP contribution in [-0.4, -0.2) is 60.5 Å². The molecule has 1 amide bonds. The number of hydrogen-bond acceptors (Lipinski definition) is 6. The SMILES string of the molecule is CCOc1cc(CN2CCC3(CC2)CN(c2ccc(C(=O)O)c(Cl)c2)C(=O)O3)cc(OCC)c1C1C=CC(F)=CC1. The maximum Gasteiger partial charge on any atom is 0.415 e. The first-order chi connectivity index (χ1) is 19.7. The number of carbonyl (C=O) groups is 2. The Morgan fingerprint density at radius 1 is 1.15 bits per heavy atom. The van der Waals surface area contributed by atoms with Gasteiger partial charge >= 0.3 is 12.1 Å². The Hall–Kier alpha value is -3.56. The van der Waals surface area contributed by atoms with Gasteiger partial charge in [0.2, 0.25) is 0 Å². The van der Waals surface area contributed by atoms with E-state index in [1.807, 2.05) is 19.9 Å². The summed E-state index contributed by atoms with van der Waals surface area (Å²) in [5.41, 5.74) is 1.88. The van der Waals surface area contributed by atoms with Crippen LogP contribution >= 0.6 is 11.6 Å². The van der Waals surface area contributed by atoms with Crippen LogP contribution in [0.3, 0.4) is 0 Å². The molecule has 2 aromatic rings. The lowest BCUT2D eigenvalue weighted by Gasteiger charge is -2.37. The normalized spacial score (nSPS) is 20.2. The second-order valence-electron chi connectivity index (χ2n) is 10.5. The number of carboxylic acids is 1. The molecule has 218 valence electrons. The number of piperidine rings is 1. The third kappa shape index (κ3) is 6.21. The zero-order valence-electron chi connectivity index (χ0n) is 23.2. The van der Waals surface area contributed by atoms with E-state index >= 15 is 0 Å². The summed E-state index contributed by atoms with van der Waals surface area (Å²) < 4.78 is 31.6. The van der Waals surface area contributed by atoms with E-state index in [0.29, 0.717) is 51.3 Å². The number of allylic oxidation sites excluding steroid dienone is 4. The summed E-state index contributed by atoms with van der Waals surface area (Å²) in [7, 11) is 0. The van der Waals surface area contributed by atoms with Crippen LogP contribution < -0.4 is 14.4 Å². The second kappa shape index (κ2) is 12.1. The van der Waals surface area contributed by atoms with E-state index < -0.39 is 17.7 Å². The molecule has 0 saturated carbocycles. The second-order valence-corrected chi connectivity index (χ2v) is 11.0. The molecule has 1 unspecified atom stereocenters. The molecule has 1 aliphatic carbocycles. The van der Waals surface area contributed by atoms with E-state index in [-0.39, 0.29) is 22.3 Å². The third-order valence-electron chi connectivity index (χ3n) is 7.83. The topological polar surface area (TPSA) is 88.5 Å². The summed E-state index contributed by atoms with van der Waals surface area (Å²) in [4.78, 5) is 27.9. The number of hydrogen-bond donors (Lipinski definition) is 1. The van der Waals surface area contributed by atoms with Gasteiger partial charge in [0.1, 0.15) is 22.9 Å². The molecule has 41 heavy (non-hydrogen) atoms. The number of anilines is 1. The maximum absolute atomic E-state index is 13.6. The highest BCUT2D eigenvalue weighted by Gasteiger charge is 2.47. The van der Waals surface area contributed by atoms with Crippen LogP contribution in [0.5, 0.6) is 11.5 Å². The van der Waals surface area contributed by atoms with Gasteiger partial charge in [-0.25, -0.2) is 14.0 Å². The fraction of sp³-hybridized carbons (Fsp3) is 0.419. The number of carboxylic acid groups (broad SMARTS) is 1. The Balaban J connectivity index is 1.28. The monoisotopic (exact) mass is 584 g/mol. The van der Waals surface area contributed by atoms with E-state index in [9.17, 15) is 19.1 Å². The molecule has 2 aliphatic heterocycles. The number of amides is 1. The van der Waals surface area contributed by atoms with Crippen molar-refractivity contribution in [2.75, 3.05) is 37.7 Å². The molecular weight excluding hydrogens is 551 g/mol.